The average Bonchev–Trinajstić information content (AvgIpc) is 3.37. The Kier molecular flexibility index (Phi) is 3.70. The number of hydrogen-bond acceptors (Lipinski definition) is 4. The normalized spacial score (nSPS) is 16.8. The molecule has 0 radical (unpaired) electrons. The summed E-state index contributed by atoms with van der Waals surface area (Å²) in [7, 11) is 0. The molecule has 2 aromatic heterocycles. The number of hydrogen-bond donors (Lipinski definition) is 1. The highest BCUT2D eigenvalue weighted by molar-refractivity contribution is 9.10. The fourth-order valence-electron chi connectivity index (χ4n) is 3.35. The maximum atomic E-state index is 14.6. The van der Waals surface area contributed by atoms with Crippen LogP contribution in [0.1, 0.15) is 11.1 Å². The maximum absolute atomic E-state index is 14.6. The Morgan fingerprint density at radius 3 is 2.86 bits per heavy atom. The van der Waals surface area contributed by atoms with Gasteiger partial charge in [-0.3, -0.25) is 5.10 Å². The number of benzene rings is 2. The van der Waals surface area contributed by atoms with Gasteiger partial charge in [0.1, 0.15) is 17.2 Å². The van der Waals surface area contributed by atoms with Gasteiger partial charge in [0.25, 0.3) is 5.92 Å². The van der Waals surface area contributed by atoms with Crippen molar-refractivity contribution in [2.75, 3.05) is 0 Å². The van der Waals surface area contributed by atoms with Crippen molar-refractivity contribution in [3.05, 3.63) is 64.3 Å². The van der Waals surface area contributed by atoms with E-state index in [0.29, 0.717) is 28.0 Å². The summed E-state index contributed by atoms with van der Waals surface area (Å²) in [6, 6.07) is 7.79. The first-order chi connectivity index (χ1) is 13.4. The molecular formula is C19H10BrF3N4O. The van der Waals surface area contributed by atoms with Crippen LogP contribution in [0.2, 0.25) is 0 Å². The van der Waals surface area contributed by atoms with Crippen LogP contribution < -0.4 is 0 Å². The van der Waals surface area contributed by atoms with Crippen LogP contribution >= 0.6 is 15.9 Å². The zero-order valence-corrected chi connectivity index (χ0v) is 15.6. The molecule has 9 heteroatoms. The zero-order valence-electron chi connectivity index (χ0n) is 14.0. The van der Waals surface area contributed by atoms with E-state index in [1.807, 2.05) is 0 Å². The molecule has 0 spiro atoms. The molecule has 2 heterocycles. The Bertz CT molecular complexity index is 1250. The first kappa shape index (κ1) is 17.2. The van der Waals surface area contributed by atoms with Crippen molar-refractivity contribution in [3.63, 3.8) is 0 Å². The molecule has 0 saturated carbocycles. The number of halogens is 4. The van der Waals surface area contributed by atoms with Crippen LogP contribution in [0.4, 0.5) is 18.9 Å². The molecule has 0 aliphatic heterocycles. The first-order valence-corrected chi connectivity index (χ1v) is 9.04. The summed E-state index contributed by atoms with van der Waals surface area (Å²) in [5.41, 5.74) is 1.14. The van der Waals surface area contributed by atoms with Crippen molar-refractivity contribution in [3.8, 4) is 11.5 Å². The highest BCUT2D eigenvalue weighted by Gasteiger charge is 2.46. The van der Waals surface area contributed by atoms with E-state index in [-0.39, 0.29) is 15.6 Å². The van der Waals surface area contributed by atoms with Gasteiger partial charge in [-0.2, -0.15) is 13.9 Å². The summed E-state index contributed by atoms with van der Waals surface area (Å²) in [5.74, 6) is -3.50. The van der Waals surface area contributed by atoms with Gasteiger partial charge in [-0.25, -0.2) is 14.4 Å². The summed E-state index contributed by atoms with van der Waals surface area (Å²) in [6.07, 6.45) is 2.07. The lowest BCUT2D eigenvalue weighted by molar-refractivity contribution is 0.0843. The number of nitrogens with zero attached hydrogens (tertiary/aromatic N) is 3. The molecule has 1 aliphatic rings. The molecule has 28 heavy (non-hydrogen) atoms. The van der Waals surface area contributed by atoms with Crippen molar-refractivity contribution in [2.24, 2.45) is 4.99 Å². The summed E-state index contributed by atoms with van der Waals surface area (Å²) in [5, 5.41) is 7.69. The van der Waals surface area contributed by atoms with E-state index in [4.69, 9.17) is 4.42 Å². The molecule has 0 bridgehead atoms. The predicted octanol–water partition coefficient (Wildman–Crippen LogP) is 5.43. The third kappa shape index (κ3) is 2.57. The molecule has 4 aromatic rings. The molecule has 140 valence electrons. The highest BCUT2D eigenvalue weighted by Crippen LogP contribution is 2.40. The standard InChI is InChI=1S/C19H10BrF3N4O/c20-13-3-2-10-12(16(13)21)6-19(22,23)18(10)25-9-1-4-14-11(5-9)17(27-26-14)15-7-24-8-28-15/h1-5,7-8H,6H2,(H,26,27)/b25-18-. The van der Waals surface area contributed by atoms with E-state index in [1.54, 1.807) is 18.2 Å². The third-order valence-corrected chi connectivity index (χ3v) is 5.26. The number of fused-ring (bicyclic) bond motifs is 2. The molecule has 0 saturated heterocycles. The Labute approximate surface area is 164 Å². The molecule has 5 rings (SSSR count). The van der Waals surface area contributed by atoms with E-state index in [1.165, 1.54) is 24.7 Å². The van der Waals surface area contributed by atoms with Gasteiger partial charge in [0.2, 0.25) is 0 Å². The number of nitrogens with one attached hydrogen (secondary N) is 1. The summed E-state index contributed by atoms with van der Waals surface area (Å²) >= 11 is 3.04. The van der Waals surface area contributed by atoms with E-state index >= 15 is 0 Å². The SMILES string of the molecule is Fc1c(Br)ccc2c1CC(F)(F)/C2=N\c1ccc2[nH]nc(-c3cnco3)c2c1. The van der Waals surface area contributed by atoms with Crippen LogP contribution in [0.15, 0.2) is 56.8 Å². The minimum atomic E-state index is -3.26. The van der Waals surface area contributed by atoms with Crippen molar-refractivity contribution in [1.82, 2.24) is 15.2 Å². The third-order valence-electron chi connectivity index (χ3n) is 4.65. The first-order valence-electron chi connectivity index (χ1n) is 8.25. The molecule has 0 atom stereocenters. The zero-order chi connectivity index (χ0) is 19.5. The Hall–Kier alpha value is -2.94. The lowest BCUT2D eigenvalue weighted by Crippen LogP contribution is -2.24. The van der Waals surface area contributed by atoms with Gasteiger partial charge >= 0.3 is 0 Å². The summed E-state index contributed by atoms with van der Waals surface area (Å²) in [6.45, 7) is 0. The molecule has 5 nitrogen and oxygen atoms in total. The van der Waals surface area contributed by atoms with Crippen molar-refractivity contribution < 1.29 is 17.6 Å². The van der Waals surface area contributed by atoms with Gasteiger partial charge in [-0.15, -0.1) is 0 Å². The number of oxazole rings is 1. The van der Waals surface area contributed by atoms with Gasteiger partial charge < -0.3 is 4.42 Å². The second kappa shape index (κ2) is 6.03. The largest absolute Gasteiger partial charge is 0.442 e. The van der Waals surface area contributed by atoms with E-state index in [2.05, 4.69) is 36.1 Å². The molecule has 0 amide bonds. The van der Waals surface area contributed by atoms with E-state index < -0.39 is 23.9 Å². The number of aromatic nitrogens is 3. The lowest BCUT2D eigenvalue weighted by atomic mass is 10.1. The quantitative estimate of drug-likeness (QED) is 0.446. The smallest absolute Gasteiger partial charge is 0.294 e. The predicted molar refractivity (Wildman–Crippen MR) is 101 cm³/mol. The number of H-pyrrole nitrogens is 1. The van der Waals surface area contributed by atoms with Gasteiger partial charge in [-0.05, 0) is 40.2 Å². The second-order valence-corrected chi connectivity index (χ2v) is 7.25. The van der Waals surface area contributed by atoms with Gasteiger partial charge in [0.15, 0.2) is 12.2 Å². The summed E-state index contributed by atoms with van der Waals surface area (Å²) in [4.78, 5) is 8.04. The highest BCUT2D eigenvalue weighted by atomic mass is 79.9. The number of aliphatic imine (C=N–C) groups is 1. The van der Waals surface area contributed by atoms with Crippen LogP contribution in [0.5, 0.6) is 0 Å². The number of aromatic amines is 1. The topological polar surface area (TPSA) is 67.1 Å². The maximum Gasteiger partial charge on any atom is 0.294 e. The van der Waals surface area contributed by atoms with Crippen LogP contribution in [0.25, 0.3) is 22.4 Å². The van der Waals surface area contributed by atoms with Crippen molar-refractivity contribution >= 4 is 38.2 Å². The van der Waals surface area contributed by atoms with Crippen LogP contribution in [0.3, 0.4) is 0 Å². The molecule has 0 unspecified atom stereocenters. The average molecular weight is 447 g/mol. The monoisotopic (exact) mass is 446 g/mol. The summed E-state index contributed by atoms with van der Waals surface area (Å²) < 4.78 is 48.9. The minimum absolute atomic E-state index is 0.0372. The van der Waals surface area contributed by atoms with Crippen LogP contribution in [-0.2, 0) is 6.42 Å². The second-order valence-electron chi connectivity index (χ2n) is 6.40. The Morgan fingerprint density at radius 1 is 1.21 bits per heavy atom. The Morgan fingerprint density at radius 2 is 2.07 bits per heavy atom. The Balaban J connectivity index is 1.66. The van der Waals surface area contributed by atoms with Gasteiger partial charge in [-0.1, -0.05) is 6.07 Å². The molecule has 1 N–H and O–H groups in total. The fraction of sp³-hybridized carbons (Fsp3) is 0.105. The van der Waals surface area contributed by atoms with Gasteiger partial charge in [0.05, 0.1) is 21.9 Å². The fourth-order valence-corrected chi connectivity index (χ4v) is 3.72. The van der Waals surface area contributed by atoms with E-state index in [0.717, 1.165) is 0 Å². The molecular weight excluding hydrogens is 437 g/mol. The van der Waals surface area contributed by atoms with Crippen LogP contribution in [0, 0.1) is 5.82 Å². The van der Waals surface area contributed by atoms with E-state index in [9.17, 15) is 13.2 Å². The number of alkyl halides is 2. The molecule has 1 aliphatic carbocycles. The molecule has 2 aromatic carbocycles. The van der Waals surface area contributed by atoms with Crippen molar-refractivity contribution in [2.45, 2.75) is 12.3 Å². The van der Waals surface area contributed by atoms with Gasteiger partial charge in [0, 0.05) is 22.9 Å². The number of rotatable bonds is 2. The van der Waals surface area contributed by atoms with Crippen LogP contribution in [-0.4, -0.2) is 26.8 Å². The lowest BCUT2D eigenvalue weighted by Gasteiger charge is -2.10. The minimum Gasteiger partial charge on any atom is -0.442 e. The van der Waals surface area contributed by atoms with Crippen molar-refractivity contribution in [1.29, 1.82) is 0 Å². The molecule has 0 fully saturated rings.